The Bertz CT molecular complexity index is 1100. The molecule has 0 bridgehead atoms. The third-order valence-electron chi connectivity index (χ3n) is 6.55. The molecule has 1 unspecified atom stereocenters. The molecule has 1 aromatic heterocycles. The maximum atomic E-state index is 13.8. The second-order valence-electron chi connectivity index (χ2n) is 8.97. The van der Waals surface area contributed by atoms with Crippen molar-refractivity contribution in [1.82, 2.24) is 15.2 Å². The molecule has 1 N–H and O–H groups in total. The van der Waals surface area contributed by atoms with Crippen LogP contribution < -0.4 is 10.1 Å². The summed E-state index contributed by atoms with van der Waals surface area (Å²) in [7, 11) is 1.60. The molecule has 0 aliphatic heterocycles. The minimum Gasteiger partial charge on any atom is -0.497 e. The van der Waals surface area contributed by atoms with Gasteiger partial charge in [0.05, 0.1) is 7.11 Å². The first kappa shape index (κ1) is 24.5. The Morgan fingerprint density at radius 1 is 1.00 bits per heavy atom. The molecule has 3 aromatic rings. The number of hydrogen-bond acceptors (Lipinski definition) is 4. The topological polar surface area (TPSA) is 71.5 Å². The number of pyridine rings is 1. The van der Waals surface area contributed by atoms with E-state index >= 15 is 0 Å². The van der Waals surface area contributed by atoms with Crippen molar-refractivity contribution in [2.45, 2.75) is 50.6 Å². The van der Waals surface area contributed by atoms with E-state index < -0.39 is 6.04 Å². The van der Waals surface area contributed by atoms with E-state index in [0.29, 0.717) is 24.4 Å². The van der Waals surface area contributed by atoms with E-state index in [2.05, 4.69) is 10.3 Å². The molecule has 182 valence electrons. The highest BCUT2D eigenvalue weighted by molar-refractivity contribution is 5.96. The number of carbonyl (C=O) groups is 2. The molecule has 1 aliphatic rings. The second-order valence-corrected chi connectivity index (χ2v) is 8.97. The molecule has 0 saturated heterocycles. The summed E-state index contributed by atoms with van der Waals surface area (Å²) >= 11 is 0. The predicted octanol–water partition coefficient (Wildman–Crippen LogP) is 4.97. The molecule has 1 atom stereocenters. The lowest BCUT2D eigenvalue weighted by atomic mass is 9.94. The van der Waals surface area contributed by atoms with Crippen molar-refractivity contribution in [3.05, 3.63) is 95.8 Å². The number of amides is 2. The lowest BCUT2D eigenvalue weighted by Gasteiger charge is -2.33. The van der Waals surface area contributed by atoms with E-state index in [4.69, 9.17) is 4.74 Å². The van der Waals surface area contributed by atoms with Gasteiger partial charge in [-0.2, -0.15) is 0 Å². The quantitative estimate of drug-likeness (QED) is 0.479. The first-order valence-corrected chi connectivity index (χ1v) is 12.4. The summed E-state index contributed by atoms with van der Waals surface area (Å²) < 4.78 is 5.44. The Kier molecular flexibility index (Phi) is 8.49. The van der Waals surface area contributed by atoms with E-state index in [9.17, 15) is 9.59 Å². The van der Waals surface area contributed by atoms with E-state index in [1.807, 2.05) is 54.6 Å². The molecule has 1 heterocycles. The van der Waals surface area contributed by atoms with Gasteiger partial charge in [-0.15, -0.1) is 0 Å². The molecule has 0 radical (unpaired) electrons. The fourth-order valence-electron chi connectivity index (χ4n) is 4.69. The number of nitrogens with one attached hydrogen (secondary N) is 1. The van der Waals surface area contributed by atoms with Crippen molar-refractivity contribution < 1.29 is 14.3 Å². The summed E-state index contributed by atoms with van der Waals surface area (Å²) in [5.74, 6) is 0.210. The van der Waals surface area contributed by atoms with Gasteiger partial charge in [-0.25, -0.2) is 0 Å². The summed E-state index contributed by atoms with van der Waals surface area (Å²) in [4.78, 5) is 33.6. The van der Waals surface area contributed by atoms with Crippen LogP contribution in [0.5, 0.6) is 5.75 Å². The van der Waals surface area contributed by atoms with E-state index in [1.54, 1.807) is 36.4 Å². The van der Waals surface area contributed by atoms with E-state index in [0.717, 1.165) is 36.8 Å². The number of ether oxygens (including phenoxy) is 1. The fourth-order valence-corrected chi connectivity index (χ4v) is 4.69. The number of rotatable bonds is 9. The zero-order chi connectivity index (χ0) is 24.5. The number of methoxy groups -OCH3 is 1. The summed E-state index contributed by atoms with van der Waals surface area (Å²) in [6, 6.07) is 22.0. The van der Waals surface area contributed by atoms with E-state index in [1.165, 1.54) is 6.42 Å². The van der Waals surface area contributed by atoms with Crippen molar-refractivity contribution in [2.24, 2.45) is 0 Å². The van der Waals surface area contributed by atoms with Crippen LogP contribution >= 0.6 is 0 Å². The average molecular weight is 472 g/mol. The van der Waals surface area contributed by atoms with Crippen LogP contribution in [0.15, 0.2) is 79.0 Å². The molecular weight excluding hydrogens is 438 g/mol. The Labute approximate surface area is 207 Å². The average Bonchev–Trinajstić information content (AvgIpc) is 2.92. The normalized spacial score (nSPS) is 14.7. The number of carbonyl (C=O) groups excluding carboxylic acids is 2. The zero-order valence-corrected chi connectivity index (χ0v) is 20.2. The molecule has 35 heavy (non-hydrogen) atoms. The highest BCUT2D eigenvalue weighted by atomic mass is 16.5. The van der Waals surface area contributed by atoms with Crippen LogP contribution in [0.4, 0.5) is 0 Å². The number of benzene rings is 2. The molecule has 0 spiro atoms. The molecule has 2 amide bonds. The summed E-state index contributed by atoms with van der Waals surface area (Å²) in [5, 5.41) is 3.25. The third kappa shape index (κ3) is 6.47. The van der Waals surface area contributed by atoms with Gasteiger partial charge in [0.1, 0.15) is 17.5 Å². The van der Waals surface area contributed by atoms with Crippen molar-refractivity contribution in [3.8, 4) is 5.75 Å². The van der Waals surface area contributed by atoms with Gasteiger partial charge in [0.25, 0.3) is 5.91 Å². The number of nitrogens with zero attached hydrogens (tertiary/aromatic N) is 2. The van der Waals surface area contributed by atoms with Crippen LogP contribution in [0.1, 0.15) is 59.8 Å². The van der Waals surface area contributed by atoms with Gasteiger partial charge >= 0.3 is 0 Å². The first-order chi connectivity index (χ1) is 17.2. The number of hydrogen-bond donors (Lipinski definition) is 1. The minimum atomic E-state index is -0.801. The van der Waals surface area contributed by atoms with Crippen molar-refractivity contribution >= 4 is 11.8 Å². The zero-order valence-electron chi connectivity index (χ0n) is 20.2. The van der Waals surface area contributed by atoms with Gasteiger partial charge in [0.2, 0.25) is 5.91 Å². The maximum absolute atomic E-state index is 13.8. The smallest absolute Gasteiger partial charge is 0.273 e. The van der Waals surface area contributed by atoms with Crippen molar-refractivity contribution in [1.29, 1.82) is 0 Å². The second kappa shape index (κ2) is 12.2. The molecule has 1 aliphatic carbocycles. The van der Waals surface area contributed by atoms with Gasteiger partial charge in [-0.05, 0) is 54.7 Å². The molecule has 2 aromatic carbocycles. The standard InChI is InChI=1S/C29H33N3O3/c1-35-25-16-10-13-23(21-25)27(28(33)31-24-14-6-3-7-15-24)32(20-18-22-11-4-2-5-12-22)29(34)26-17-8-9-19-30-26/h2,4-5,8-13,16-17,19,21,24,27H,3,6-7,14-15,18,20H2,1H3,(H,31,33). The largest absolute Gasteiger partial charge is 0.497 e. The Morgan fingerprint density at radius 2 is 1.77 bits per heavy atom. The lowest BCUT2D eigenvalue weighted by Crippen LogP contribution is -2.47. The molecule has 6 heteroatoms. The van der Waals surface area contributed by atoms with Crippen molar-refractivity contribution in [2.75, 3.05) is 13.7 Å². The Morgan fingerprint density at radius 3 is 2.49 bits per heavy atom. The van der Waals surface area contributed by atoms with E-state index in [-0.39, 0.29) is 17.9 Å². The van der Waals surface area contributed by atoms with Crippen molar-refractivity contribution in [3.63, 3.8) is 0 Å². The van der Waals surface area contributed by atoms with Crippen LogP contribution in [-0.2, 0) is 11.2 Å². The minimum absolute atomic E-state index is 0.130. The molecular formula is C29H33N3O3. The lowest BCUT2D eigenvalue weighted by molar-refractivity contribution is -0.126. The van der Waals surface area contributed by atoms with Crippen LogP contribution in [0.3, 0.4) is 0 Å². The maximum Gasteiger partial charge on any atom is 0.273 e. The Hall–Kier alpha value is -3.67. The first-order valence-electron chi connectivity index (χ1n) is 12.4. The Balaban J connectivity index is 1.70. The van der Waals surface area contributed by atoms with Gasteiger partial charge in [0, 0.05) is 18.8 Å². The number of aromatic nitrogens is 1. The molecule has 4 rings (SSSR count). The molecule has 1 fully saturated rings. The van der Waals surface area contributed by atoms with Crippen LogP contribution in [0, 0.1) is 0 Å². The summed E-state index contributed by atoms with van der Waals surface area (Å²) in [6.45, 7) is 0.374. The van der Waals surface area contributed by atoms with Gasteiger partial charge in [0.15, 0.2) is 0 Å². The highest BCUT2D eigenvalue weighted by Crippen LogP contribution is 2.28. The van der Waals surface area contributed by atoms with Crippen LogP contribution in [-0.4, -0.2) is 41.4 Å². The summed E-state index contributed by atoms with van der Waals surface area (Å²) in [6.07, 6.45) is 7.58. The summed E-state index contributed by atoms with van der Waals surface area (Å²) in [5.41, 5.74) is 2.14. The predicted molar refractivity (Wildman–Crippen MR) is 136 cm³/mol. The van der Waals surface area contributed by atoms with Crippen LogP contribution in [0.2, 0.25) is 0 Å². The highest BCUT2D eigenvalue weighted by Gasteiger charge is 2.34. The third-order valence-corrected chi connectivity index (χ3v) is 6.55. The molecule has 1 saturated carbocycles. The van der Waals surface area contributed by atoms with Crippen LogP contribution in [0.25, 0.3) is 0 Å². The molecule has 6 nitrogen and oxygen atoms in total. The van der Waals surface area contributed by atoms with Gasteiger partial charge < -0.3 is 15.0 Å². The fraction of sp³-hybridized carbons (Fsp3) is 0.345. The SMILES string of the molecule is COc1cccc(C(C(=O)NC2CCCCC2)N(CCc2ccccc2)C(=O)c2ccccn2)c1. The van der Waals surface area contributed by atoms with Gasteiger partial charge in [-0.3, -0.25) is 14.6 Å². The van der Waals surface area contributed by atoms with Gasteiger partial charge in [-0.1, -0.05) is 67.8 Å². The monoisotopic (exact) mass is 471 g/mol.